The van der Waals surface area contributed by atoms with Crippen molar-refractivity contribution in [3.63, 3.8) is 0 Å². The Morgan fingerprint density at radius 2 is 2.15 bits per heavy atom. The van der Waals surface area contributed by atoms with Crippen LogP contribution in [0.15, 0.2) is 27.6 Å². The maximum absolute atomic E-state index is 5.29. The van der Waals surface area contributed by atoms with Gasteiger partial charge >= 0.3 is 0 Å². The molecule has 0 fully saturated rings. The quantitative estimate of drug-likeness (QED) is 0.829. The van der Waals surface area contributed by atoms with Crippen LogP contribution in [0, 0.1) is 13.8 Å². The molecule has 0 saturated heterocycles. The van der Waals surface area contributed by atoms with Gasteiger partial charge in [0.25, 0.3) is 0 Å². The number of hydrogen-bond donors (Lipinski definition) is 1. The summed E-state index contributed by atoms with van der Waals surface area (Å²) in [4.78, 5) is 5.68. The predicted octanol–water partition coefficient (Wildman–Crippen LogP) is 3.13. The van der Waals surface area contributed by atoms with E-state index in [2.05, 4.69) is 54.4 Å². The molecule has 4 nitrogen and oxygen atoms in total. The largest absolute Gasteiger partial charge is 0.338 e. The third-order valence-electron chi connectivity index (χ3n) is 3.17. The van der Waals surface area contributed by atoms with E-state index in [-0.39, 0.29) is 0 Å². The lowest BCUT2D eigenvalue weighted by molar-refractivity contribution is 0.382. The molecule has 0 bridgehead atoms. The lowest BCUT2D eigenvalue weighted by atomic mass is 10.2. The van der Waals surface area contributed by atoms with Crippen LogP contribution in [0.25, 0.3) is 0 Å². The molecule has 1 N–H and O–H groups in total. The number of nitrogens with zero attached hydrogens (tertiary/aromatic N) is 2. The summed E-state index contributed by atoms with van der Waals surface area (Å²) in [5, 5.41) is 7.18. The lowest BCUT2D eigenvalue weighted by Crippen LogP contribution is -2.24. The van der Waals surface area contributed by atoms with Crippen molar-refractivity contribution in [2.75, 3.05) is 7.05 Å². The van der Waals surface area contributed by atoms with Gasteiger partial charge in [-0.2, -0.15) is 4.98 Å². The van der Waals surface area contributed by atoms with Gasteiger partial charge in [-0.25, -0.2) is 0 Å². The van der Waals surface area contributed by atoms with Crippen LogP contribution in [0.5, 0.6) is 0 Å². The highest BCUT2D eigenvalue weighted by Gasteiger charge is 2.10. The van der Waals surface area contributed by atoms with E-state index in [1.165, 1.54) is 16.0 Å². The third kappa shape index (κ3) is 4.08. The van der Waals surface area contributed by atoms with Crippen LogP contribution >= 0.6 is 11.8 Å². The zero-order valence-corrected chi connectivity index (χ0v) is 13.3. The minimum absolute atomic E-state index is 0.354. The second-order valence-electron chi connectivity index (χ2n) is 5.06. The van der Waals surface area contributed by atoms with Crippen LogP contribution in [-0.2, 0) is 12.2 Å². The Balaban J connectivity index is 1.94. The first-order valence-corrected chi connectivity index (χ1v) is 7.76. The summed E-state index contributed by atoms with van der Waals surface area (Å²) in [5.41, 5.74) is 2.58. The van der Waals surface area contributed by atoms with Gasteiger partial charge in [0, 0.05) is 17.4 Å². The minimum atomic E-state index is 0.354. The Kier molecular flexibility index (Phi) is 5.20. The second-order valence-corrected chi connectivity index (χ2v) is 6.07. The van der Waals surface area contributed by atoms with Gasteiger partial charge in [-0.15, -0.1) is 11.8 Å². The SMILES string of the molecule is CNC(C)Cc1noc(CSc2ccc(C)cc2C)n1. The van der Waals surface area contributed by atoms with Gasteiger partial charge in [0.1, 0.15) is 0 Å². The minimum Gasteiger partial charge on any atom is -0.338 e. The summed E-state index contributed by atoms with van der Waals surface area (Å²) in [6.07, 6.45) is 0.786. The average Bonchev–Trinajstić information content (AvgIpc) is 2.85. The topological polar surface area (TPSA) is 51.0 Å². The van der Waals surface area contributed by atoms with Crippen molar-refractivity contribution in [1.29, 1.82) is 0 Å². The van der Waals surface area contributed by atoms with E-state index in [1.807, 2.05) is 7.05 Å². The molecule has 1 atom stereocenters. The molecular weight excluding hydrogens is 270 g/mol. The zero-order valence-electron chi connectivity index (χ0n) is 12.4. The molecule has 5 heteroatoms. The van der Waals surface area contributed by atoms with E-state index in [0.717, 1.165) is 12.2 Å². The summed E-state index contributed by atoms with van der Waals surface area (Å²) in [6, 6.07) is 6.82. The van der Waals surface area contributed by atoms with Gasteiger partial charge in [0.2, 0.25) is 5.89 Å². The van der Waals surface area contributed by atoms with Crippen LogP contribution in [0.2, 0.25) is 0 Å². The molecule has 2 aromatic rings. The molecular formula is C15H21N3OS. The van der Waals surface area contributed by atoms with E-state index in [0.29, 0.717) is 17.7 Å². The van der Waals surface area contributed by atoms with Crippen molar-refractivity contribution in [2.45, 2.75) is 43.9 Å². The fraction of sp³-hybridized carbons (Fsp3) is 0.467. The monoisotopic (exact) mass is 291 g/mol. The number of benzene rings is 1. The number of rotatable bonds is 6. The van der Waals surface area contributed by atoms with E-state index in [4.69, 9.17) is 4.52 Å². The highest BCUT2D eigenvalue weighted by atomic mass is 32.2. The van der Waals surface area contributed by atoms with E-state index < -0.39 is 0 Å². The van der Waals surface area contributed by atoms with Gasteiger partial charge in [0.15, 0.2) is 5.82 Å². The third-order valence-corrected chi connectivity index (χ3v) is 4.33. The van der Waals surface area contributed by atoms with Crippen LogP contribution in [-0.4, -0.2) is 23.2 Å². The first kappa shape index (κ1) is 15.1. The predicted molar refractivity (Wildman–Crippen MR) is 82.0 cm³/mol. The molecule has 108 valence electrons. The van der Waals surface area contributed by atoms with E-state index >= 15 is 0 Å². The van der Waals surface area contributed by atoms with Crippen molar-refractivity contribution >= 4 is 11.8 Å². The van der Waals surface area contributed by atoms with Crippen molar-refractivity contribution in [3.8, 4) is 0 Å². The van der Waals surface area contributed by atoms with Crippen LogP contribution in [0.1, 0.15) is 29.8 Å². The molecule has 1 heterocycles. The lowest BCUT2D eigenvalue weighted by Gasteiger charge is -2.05. The molecule has 1 unspecified atom stereocenters. The Morgan fingerprint density at radius 3 is 2.85 bits per heavy atom. The maximum Gasteiger partial charge on any atom is 0.237 e. The smallest absolute Gasteiger partial charge is 0.237 e. The Labute approximate surface area is 124 Å². The fourth-order valence-corrected chi connectivity index (χ4v) is 2.76. The highest BCUT2D eigenvalue weighted by Crippen LogP contribution is 2.26. The maximum atomic E-state index is 5.29. The molecule has 1 aromatic heterocycles. The van der Waals surface area contributed by atoms with Crippen LogP contribution < -0.4 is 5.32 Å². The van der Waals surface area contributed by atoms with Crippen molar-refractivity contribution < 1.29 is 4.52 Å². The first-order valence-electron chi connectivity index (χ1n) is 6.77. The van der Waals surface area contributed by atoms with E-state index in [1.54, 1.807) is 11.8 Å². The molecule has 0 aliphatic heterocycles. The van der Waals surface area contributed by atoms with Crippen LogP contribution in [0.4, 0.5) is 0 Å². The summed E-state index contributed by atoms with van der Waals surface area (Å²) in [7, 11) is 1.93. The zero-order chi connectivity index (χ0) is 14.5. The number of thioether (sulfide) groups is 1. The standard InChI is InChI=1S/C15H21N3OS/c1-10-5-6-13(11(2)7-10)20-9-15-17-14(18-19-15)8-12(3)16-4/h5-7,12,16H,8-9H2,1-4H3. The van der Waals surface area contributed by atoms with Crippen molar-refractivity contribution in [1.82, 2.24) is 15.5 Å². The molecule has 2 rings (SSSR count). The van der Waals surface area contributed by atoms with Gasteiger partial charge in [0.05, 0.1) is 5.75 Å². The molecule has 0 saturated carbocycles. The summed E-state index contributed by atoms with van der Waals surface area (Å²) < 4.78 is 5.29. The first-order chi connectivity index (χ1) is 9.58. The number of aryl methyl sites for hydroxylation is 2. The Hall–Kier alpha value is -1.33. The van der Waals surface area contributed by atoms with Gasteiger partial charge in [-0.1, -0.05) is 22.9 Å². The molecule has 0 radical (unpaired) electrons. The van der Waals surface area contributed by atoms with Gasteiger partial charge in [-0.05, 0) is 39.4 Å². The average molecular weight is 291 g/mol. The molecule has 1 aromatic carbocycles. The van der Waals surface area contributed by atoms with Crippen molar-refractivity contribution in [2.24, 2.45) is 0 Å². The Morgan fingerprint density at radius 1 is 1.35 bits per heavy atom. The second kappa shape index (κ2) is 6.90. The van der Waals surface area contributed by atoms with Crippen molar-refractivity contribution in [3.05, 3.63) is 41.0 Å². The number of likely N-dealkylation sites (N-methyl/N-ethyl adjacent to an activating group) is 1. The van der Waals surface area contributed by atoms with E-state index in [9.17, 15) is 0 Å². The highest BCUT2D eigenvalue weighted by molar-refractivity contribution is 7.98. The van der Waals surface area contributed by atoms with Gasteiger partial charge < -0.3 is 9.84 Å². The molecule has 0 spiro atoms. The number of aromatic nitrogens is 2. The molecule has 0 aliphatic carbocycles. The summed E-state index contributed by atoms with van der Waals surface area (Å²) in [6.45, 7) is 6.33. The summed E-state index contributed by atoms with van der Waals surface area (Å²) >= 11 is 1.73. The normalized spacial score (nSPS) is 12.6. The number of hydrogen-bond acceptors (Lipinski definition) is 5. The van der Waals surface area contributed by atoms with Crippen LogP contribution in [0.3, 0.4) is 0 Å². The molecule has 0 amide bonds. The fourth-order valence-electron chi connectivity index (χ4n) is 1.91. The summed E-state index contributed by atoms with van der Waals surface area (Å²) in [5.74, 6) is 2.17. The molecule has 20 heavy (non-hydrogen) atoms. The molecule has 0 aliphatic rings. The Bertz CT molecular complexity index is 568. The van der Waals surface area contributed by atoms with Gasteiger partial charge in [-0.3, -0.25) is 0 Å². The number of nitrogens with one attached hydrogen (secondary N) is 1.